The molecular weight excluding hydrogens is 486 g/mol. The van der Waals surface area contributed by atoms with Crippen LogP contribution < -0.4 is 10.6 Å². The first-order valence-electron chi connectivity index (χ1n) is 10.4. The second-order valence-corrected chi connectivity index (χ2v) is 11.8. The number of halogens is 1. The van der Waals surface area contributed by atoms with Crippen LogP contribution in [0.15, 0.2) is 14.4 Å². The van der Waals surface area contributed by atoms with E-state index in [9.17, 15) is 9.59 Å². The van der Waals surface area contributed by atoms with E-state index in [2.05, 4.69) is 45.3 Å². The number of ether oxygens (including phenoxy) is 1. The topological polar surface area (TPSA) is 70.7 Å². The lowest BCUT2D eigenvalue weighted by Crippen LogP contribution is -2.35. The van der Waals surface area contributed by atoms with Crippen molar-refractivity contribution >= 4 is 51.0 Å². The Morgan fingerprint density at radius 1 is 1.33 bits per heavy atom. The van der Waals surface area contributed by atoms with Crippen molar-refractivity contribution in [2.45, 2.75) is 65.5 Å². The summed E-state index contributed by atoms with van der Waals surface area (Å²) in [6.07, 6.45) is 0.810. The number of nitrogens with zero attached hydrogens (tertiary/aromatic N) is 1. The van der Waals surface area contributed by atoms with Crippen LogP contribution in [0.2, 0.25) is 0 Å². The van der Waals surface area contributed by atoms with Gasteiger partial charge in [-0.05, 0) is 53.9 Å². The number of urea groups is 1. The van der Waals surface area contributed by atoms with Crippen molar-refractivity contribution in [1.82, 2.24) is 15.5 Å². The van der Waals surface area contributed by atoms with Gasteiger partial charge in [-0.3, -0.25) is 4.90 Å². The van der Waals surface area contributed by atoms with Gasteiger partial charge in [0.1, 0.15) is 0 Å². The average molecular weight is 517 g/mol. The maximum absolute atomic E-state index is 12.6. The van der Waals surface area contributed by atoms with E-state index in [1.165, 1.54) is 22.2 Å². The van der Waals surface area contributed by atoms with E-state index in [0.717, 1.165) is 35.4 Å². The summed E-state index contributed by atoms with van der Waals surface area (Å²) in [6.45, 7) is 13.4. The van der Waals surface area contributed by atoms with Gasteiger partial charge in [-0.1, -0.05) is 20.8 Å². The highest BCUT2D eigenvalue weighted by Gasteiger charge is 2.36. The predicted octanol–water partition coefficient (Wildman–Crippen LogP) is 4.62. The van der Waals surface area contributed by atoms with Crippen LogP contribution in [-0.4, -0.2) is 41.3 Å². The van der Waals surface area contributed by atoms with Crippen LogP contribution in [-0.2, 0) is 29.0 Å². The zero-order valence-corrected chi connectivity index (χ0v) is 21.4. The molecule has 0 radical (unpaired) electrons. The fraction of sp³-hybridized carbons (Fsp3) is 0.619. The van der Waals surface area contributed by atoms with Gasteiger partial charge in [-0.25, -0.2) is 9.59 Å². The van der Waals surface area contributed by atoms with Gasteiger partial charge in [0.15, 0.2) is 0 Å². The van der Waals surface area contributed by atoms with Gasteiger partial charge in [0.2, 0.25) is 0 Å². The van der Waals surface area contributed by atoms with Gasteiger partial charge >= 0.3 is 12.0 Å². The van der Waals surface area contributed by atoms with Crippen molar-refractivity contribution in [3.8, 4) is 0 Å². The molecule has 0 fully saturated rings. The molecule has 1 aromatic rings. The van der Waals surface area contributed by atoms with Crippen LogP contribution >= 0.6 is 39.0 Å². The Balaban J connectivity index is 1.66. The molecule has 0 aromatic carbocycles. The number of fused-ring (bicyclic) bond motifs is 1. The van der Waals surface area contributed by atoms with Gasteiger partial charge in [0, 0.05) is 35.7 Å². The molecule has 30 heavy (non-hydrogen) atoms. The summed E-state index contributed by atoms with van der Waals surface area (Å²) in [5.41, 5.74) is 3.08. The summed E-state index contributed by atoms with van der Waals surface area (Å²) in [4.78, 5) is 29.0. The molecule has 0 spiro atoms. The molecule has 0 bridgehead atoms. The van der Waals surface area contributed by atoms with E-state index in [1.807, 2.05) is 20.8 Å². The van der Waals surface area contributed by atoms with Crippen LogP contribution in [0.3, 0.4) is 0 Å². The highest BCUT2D eigenvalue weighted by molar-refractivity contribution is 9.11. The van der Waals surface area contributed by atoms with Crippen molar-refractivity contribution in [3.05, 3.63) is 30.4 Å². The Morgan fingerprint density at radius 3 is 2.73 bits per heavy atom. The second kappa shape index (κ2) is 10.1. The molecule has 3 heterocycles. The number of rotatable bonds is 6. The van der Waals surface area contributed by atoms with Crippen molar-refractivity contribution in [3.63, 3.8) is 0 Å². The number of esters is 1. The largest absolute Gasteiger partial charge is 0.460 e. The van der Waals surface area contributed by atoms with E-state index >= 15 is 0 Å². The van der Waals surface area contributed by atoms with E-state index in [1.54, 1.807) is 11.3 Å². The zero-order valence-electron chi connectivity index (χ0n) is 18.1. The summed E-state index contributed by atoms with van der Waals surface area (Å²) < 4.78 is 6.48. The normalized spacial score (nSPS) is 21.7. The number of thioether (sulfide) groups is 1. The standard InChI is InChI=1S/C21H30BrN3O3S2/c1-6-25-8-7-14-15(18(22)30-16(14)10-25)9-23-21(27)24-19-17(12(4)13(5)29-19)20(26)28-11(2)3/h11-13H,6-10H2,1-5H3,(H2,23,24,27). The molecule has 9 heteroatoms. The molecule has 0 saturated carbocycles. The van der Waals surface area contributed by atoms with Crippen molar-refractivity contribution in [2.24, 2.45) is 5.92 Å². The van der Waals surface area contributed by atoms with E-state index in [0.29, 0.717) is 17.1 Å². The van der Waals surface area contributed by atoms with E-state index < -0.39 is 0 Å². The number of carbonyl (C=O) groups is 2. The van der Waals surface area contributed by atoms with Crippen molar-refractivity contribution < 1.29 is 14.3 Å². The second-order valence-electron chi connectivity index (χ2n) is 7.99. The third-order valence-corrected chi connectivity index (χ3v) is 8.92. The summed E-state index contributed by atoms with van der Waals surface area (Å²) in [7, 11) is 0. The maximum Gasteiger partial charge on any atom is 0.337 e. The highest BCUT2D eigenvalue weighted by atomic mass is 79.9. The number of likely N-dealkylation sites (N-methyl/N-ethyl adjacent to an activating group) is 1. The molecule has 2 atom stereocenters. The first-order valence-corrected chi connectivity index (χ1v) is 12.9. The lowest BCUT2D eigenvalue weighted by atomic mass is 9.99. The fourth-order valence-corrected chi connectivity index (χ4v) is 7.05. The SMILES string of the molecule is CCN1CCc2c(sc(Br)c2CNC(=O)NC2=C(C(=O)OC(C)C)C(C)C(C)S2)C1. The molecule has 0 saturated heterocycles. The van der Waals surface area contributed by atoms with Crippen LogP contribution in [0.25, 0.3) is 0 Å². The molecule has 0 aliphatic carbocycles. The molecule has 2 amide bonds. The number of hydrogen-bond donors (Lipinski definition) is 2. The average Bonchev–Trinajstić information content (AvgIpc) is 3.13. The molecule has 2 aliphatic rings. The molecule has 2 N–H and O–H groups in total. The molecular formula is C21H30BrN3O3S2. The van der Waals surface area contributed by atoms with Crippen LogP contribution in [0.1, 0.15) is 50.6 Å². The summed E-state index contributed by atoms with van der Waals surface area (Å²) in [5, 5.41) is 6.67. The highest BCUT2D eigenvalue weighted by Crippen LogP contribution is 2.41. The number of nitrogens with one attached hydrogen (secondary N) is 2. The molecule has 2 unspecified atom stereocenters. The Bertz CT molecular complexity index is 853. The summed E-state index contributed by atoms with van der Waals surface area (Å²) in [5.74, 6) is -0.323. The van der Waals surface area contributed by atoms with E-state index in [4.69, 9.17) is 4.74 Å². The first kappa shape index (κ1) is 23.6. The number of hydrogen-bond acceptors (Lipinski definition) is 6. The van der Waals surface area contributed by atoms with Gasteiger partial charge in [-0.15, -0.1) is 23.1 Å². The first-order chi connectivity index (χ1) is 14.2. The number of amides is 2. The number of thiophene rings is 1. The molecule has 1 aromatic heterocycles. The lowest BCUT2D eigenvalue weighted by Gasteiger charge is -2.25. The Morgan fingerprint density at radius 2 is 2.07 bits per heavy atom. The minimum atomic E-state index is -0.347. The predicted molar refractivity (Wildman–Crippen MR) is 127 cm³/mol. The van der Waals surface area contributed by atoms with Crippen molar-refractivity contribution in [2.75, 3.05) is 13.1 Å². The third kappa shape index (κ3) is 5.23. The Hall–Kier alpha value is -1.03. The Labute approximate surface area is 195 Å². The van der Waals surface area contributed by atoms with Crippen LogP contribution in [0, 0.1) is 5.92 Å². The minimum absolute atomic E-state index is 0.0242. The molecule has 166 valence electrons. The van der Waals surface area contributed by atoms with Crippen LogP contribution in [0.4, 0.5) is 4.79 Å². The molecule has 3 rings (SSSR count). The molecule has 6 nitrogen and oxygen atoms in total. The van der Waals surface area contributed by atoms with Gasteiger partial charge in [0.25, 0.3) is 0 Å². The smallest absolute Gasteiger partial charge is 0.337 e. The maximum atomic E-state index is 12.6. The third-order valence-electron chi connectivity index (χ3n) is 5.57. The van der Waals surface area contributed by atoms with E-state index in [-0.39, 0.29) is 29.3 Å². The van der Waals surface area contributed by atoms with Crippen molar-refractivity contribution in [1.29, 1.82) is 0 Å². The van der Waals surface area contributed by atoms with Gasteiger partial charge < -0.3 is 15.4 Å². The molecule has 2 aliphatic heterocycles. The zero-order chi connectivity index (χ0) is 22.0. The monoisotopic (exact) mass is 515 g/mol. The van der Waals surface area contributed by atoms with Crippen LogP contribution in [0.5, 0.6) is 0 Å². The lowest BCUT2D eigenvalue weighted by molar-refractivity contribution is -0.143. The summed E-state index contributed by atoms with van der Waals surface area (Å²) >= 11 is 6.95. The fourth-order valence-electron chi connectivity index (χ4n) is 3.70. The minimum Gasteiger partial charge on any atom is -0.460 e. The quantitative estimate of drug-likeness (QED) is 0.540. The Kier molecular flexibility index (Phi) is 7.92. The number of carbonyl (C=O) groups excluding carboxylic acids is 2. The van der Waals surface area contributed by atoms with Gasteiger partial charge in [0.05, 0.1) is 20.5 Å². The summed E-state index contributed by atoms with van der Waals surface area (Å²) in [6, 6.07) is -0.300. The van der Waals surface area contributed by atoms with Gasteiger partial charge in [-0.2, -0.15) is 0 Å².